The number of amides is 1. The number of carbonyl (C=O) groups excluding carboxylic acids is 1. The summed E-state index contributed by atoms with van der Waals surface area (Å²) in [7, 11) is 0. The third kappa shape index (κ3) is 5.27. The van der Waals surface area contributed by atoms with Crippen LogP contribution in [0.15, 0.2) is 72.9 Å². The highest BCUT2D eigenvalue weighted by atomic mass is 35.5. The lowest BCUT2D eigenvalue weighted by Gasteiger charge is -2.28. The van der Waals surface area contributed by atoms with E-state index in [1.807, 2.05) is 42.2 Å². The van der Waals surface area contributed by atoms with Gasteiger partial charge in [-0.25, -0.2) is 4.39 Å². The smallest absolute Gasteiger partial charge is 0.226 e. The van der Waals surface area contributed by atoms with Gasteiger partial charge in [0.2, 0.25) is 5.91 Å². The molecule has 2 aromatic heterocycles. The summed E-state index contributed by atoms with van der Waals surface area (Å²) in [5.41, 5.74) is 6.21. The third-order valence-electron chi connectivity index (χ3n) is 7.19. The molecule has 1 saturated heterocycles. The van der Waals surface area contributed by atoms with Gasteiger partial charge in [0.15, 0.2) is 5.11 Å². The van der Waals surface area contributed by atoms with E-state index < -0.39 is 5.82 Å². The van der Waals surface area contributed by atoms with Crippen LogP contribution >= 0.6 is 23.8 Å². The van der Waals surface area contributed by atoms with Crippen molar-refractivity contribution >= 4 is 40.5 Å². The topological polar surface area (TPSA) is 62.2 Å². The predicted molar refractivity (Wildman–Crippen MR) is 157 cm³/mol. The van der Waals surface area contributed by atoms with Crippen LogP contribution in [0.3, 0.4) is 0 Å². The Bertz CT molecular complexity index is 1540. The molecule has 2 N–H and O–H groups in total. The van der Waals surface area contributed by atoms with Gasteiger partial charge in [-0.1, -0.05) is 35.9 Å². The van der Waals surface area contributed by atoms with Gasteiger partial charge in [0.05, 0.1) is 23.5 Å². The van der Waals surface area contributed by atoms with Crippen LogP contribution in [0.5, 0.6) is 0 Å². The molecule has 0 radical (unpaired) electrons. The van der Waals surface area contributed by atoms with Crippen LogP contribution in [-0.2, 0) is 4.79 Å². The van der Waals surface area contributed by atoms with Gasteiger partial charge in [-0.05, 0) is 86.6 Å². The van der Waals surface area contributed by atoms with Crippen LogP contribution in [0.4, 0.5) is 10.1 Å². The maximum atomic E-state index is 14.1. The van der Waals surface area contributed by atoms with Gasteiger partial charge >= 0.3 is 0 Å². The Morgan fingerprint density at radius 1 is 1.10 bits per heavy atom. The molecule has 0 unspecified atom stereocenters. The standard InChI is InChI=1S/C30H29ClFN5OS/c1-18-17-21(20(3)37(18)26-13-8-9-22(31)19(26)2)29-28(25-12-6-7-15-33-25)35-30(39)36(29)16-14-27(38)34-24-11-5-4-10-23(24)32/h4-13,15,17,28-29H,14,16H2,1-3H3,(H,34,38)(H,35,39)/t28-,29-/m0/s1. The van der Waals surface area contributed by atoms with Crippen LogP contribution in [0.2, 0.25) is 5.02 Å². The molecular formula is C30H29ClFN5OS. The van der Waals surface area contributed by atoms with Gasteiger partial charge in [0, 0.05) is 41.3 Å². The second-order valence-electron chi connectivity index (χ2n) is 9.64. The summed E-state index contributed by atoms with van der Waals surface area (Å²) in [6, 6.07) is 19.6. The van der Waals surface area contributed by atoms with Gasteiger partial charge in [0.25, 0.3) is 0 Å². The predicted octanol–water partition coefficient (Wildman–Crippen LogP) is 6.59. The average molecular weight is 562 g/mol. The van der Waals surface area contributed by atoms with Crippen LogP contribution in [0.1, 0.15) is 46.7 Å². The number of para-hydroxylation sites is 1. The molecule has 1 aliphatic heterocycles. The molecule has 5 rings (SSSR count). The minimum Gasteiger partial charge on any atom is -0.352 e. The number of hydrogen-bond donors (Lipinski definition) is 2. The number of rotatable bonds is 7. The number of carbonyl (C=O) groups is 1. The quantitative estimate of drug-likeness (QED) is 0.249. The van der Waals surface area contributed by atoms with Gasteiger partial charge in [-0.15, -0.1) is 0 Å². The summed E-state index contributed by atoms with van der Waals surface area (Å²) >= 11 is 12.3. The molecule has 1 aliphatic rings. The van der Waals surface area contributed by atoms with Crippen molar-refractivity contribution in [1.29, 1.82) is 0 Å². The second-order valence-corrected chi connectivity index (χ2v) is 10.4. The highest BCUT2D eigenvalue weighted by Crippen LogP contribution is 2.42. The Kier molecular flexibility index (Phi) is 7.68. The summed E-state index contributed by atoms with van der Waals surface area (Å²) in [4.78, 5) is 19.5. The first kappa shape index (κ1) is 26.8. The molecule has 9 heteroatoms. The van der Waals surface area contributed by atoms with Crippen molar-refractivity contribution in [2.45, 2.75) is 39.3 Å². The van der Waals surface area contributed by atoms with Gasteiger partial charge in [0.1, 0.15) is 5.82 Å². The molecule has 0 aliphatic carbocycles. The molecule has 6 nitrogen and oxygen atoms in total. The molecule has 2 atom stereocenters. The van der Waals surface area contributed by atoms with Crippen molar-refractivity contribution in [2.75, 3.05) is 11.9 Å². The van der Waals surface area contributed by atoms with E-state index >= 15 is 0 Å². The van der Waals surface area contributed by atoms with Crippen LogP contribution in [0.25, 0.3) is 5.69 Å². The number of hydrogen-bond acceptors (Lipinski definition) is 3. The molecule has 3 heterocycles. The zero-order valence-electron chi connectivity index (χ0n) is 21.9. The largest absolute Gasteiger partial charge is 0.352 e. The molecule has 1 fully saturated rings. The van der Waals surface area contributed by atoms with E-state index in [4.69, 9.17) is 23.8 Å². The molecule has 0 saturated carbocycles. The van der Waals surface area contributed by atoms with E-state index in [0.29, 0.717) is 16.7 Å². The van der Waals surface area contributed by atoms with E-state index in [9.17, 15) is 9.18 Å². The van der Waals surface area contributed by atoms with Gasteiger partial charge < -0.3 is 20.1 Å². The lowest BCUT2D eigenvalue weighted by molar-refractivity contribution is -0.116. The zero-order valence-corrected chi connectivity index (χ0v) is 23.5. The summed E-state index contributed by atoms with van der Waals surface area (Å²) < 4.78 is 16.3. The molecule has 1 amide bonds. The summed E-state index contributed by atoms with van der Waals surface area (Å²) in [5.74, 6) is -0.760. The monoisotopic (exact) mass is 561 g/mol. The Hall–Kier alpha value is -3.75. The molecule has 4 aromatic rings. The number of benzene rings is 2. The average Bonchev–Trinajstić information content (AvgIpc) is 3.40. The van der Waals surface area contributed by atoms with E-state index in [2.05, 4.69) is 46.2 Å². The number of nitrogens with zero attached hydrogens (tertiary/aromatic N) is 3. The number of pyridine rings is 1. The number of thiocarbonyl (C=S) groups is 1. The van der Waals surface area contributed by atoms with Gasteiger partial charge in [-0.3, -0.25) is 9.78 Å². The normalized spacial score (nSPS) is 16.8. The fourth-order valence-corrected chi connectivity index (χ4v) is 5.78. The minimum atomic E-state index is -0.471. The summed E-state index contributed by atoms with van der Waals surface area (Å²) in [6.07, 6.45) is 1.90. The van der Waals surface area contributed by atoms with Crippen molar-refractivity contribution in [3.63, 3.8) is 0 Å². The highest BCUT2D eigenvalue weighted by molar-refractivity contribution is 7.80. The molecule has 39 heavy (non-hydrogen) atoms. The number of aromatic nitrogens is 2. The SMILES string of the molecule is Cc1c(Cl)cccc1-n1c(C)cc([C@H]2[C@H](c3ccccn3)NC(=S)N2CCC(=O)Nc2ccccc2F)c1C. The zero-order chi connectivity index (χ0) is 27.7. The number of aryl methyl sites for hydroxylation is 1. The number of anilines is 1. The first-order chi connectivity index (χ1) is 18.8. The van der Waals surface area contributed by atoms with Crippen molar-refractivity contribution in [3.8, 4) is 5.69 Å². The lowest BCUT2D eigenvalue weighted by atomic mass is 9.96. The Morgan fingerprint density at radius 3 is 2.62 bits per heavy atom. The van der Waals surface area contributed by atoms with Crippen molar-refractivity contribution in [2.24, 2.45) is 0 Å². The van der Waals surface area contributed by atoms with E-state index in [0.717, 1.165) is 33.9 Å². The van der Waals surface area contributed by atoms with E-state index in [1.54, 1.807) is 24.4 Å². The summed E-state index contributed by atoms with van der Waals surface area (Å²) in [6.45, 7) is 6.52. The molecule has 2 aromatic carbocycles. The molecular weight excluding hydrogens is 533 g/mol. The van der Waals surface area contributed by atoms with Gasteiger partial charge in [-0.2, -0.15) is 0 Å². The Morgan fingerprint density at radius 2 is 1.87 bits per heavy atom. The third-order valence-corrected chi connectivity index (χ3v) is 7.96. The maximum absolute atomic E-state index is 14.1. The van der Waals surface area contributed by atoms with E-state index in [1.165, 1.54) is 6.07 Å². The Balaban J connectivity index is 1.50. The maximum Gasteiger partial charge on any atom is 0.226 e. The molecule has 0 bridgehead atoms. The van der Waals surface area contributed by atoms with E-state index in [-0.39, 0.29) is 30.1 Å². The van der Waals surface area contributed by atoms with Crippen molar-refractivity contribution in [3.05, 3.63) is 112 Å². The van der Waals surface area contributed by atoms with Crippen LogP contribution in [-0.4, -0.2) is 32.0 Å². The lowest BCUT2D eigenvalue weighted by Crippen LogP contribution is -2.33. The molecule has 200 valence electrons. The summed E-state index contributed by atoms with van der Waals surface area (Å²) in [5, 5.41) is 7.36. The minimum absolute atomic E-state index is 0.133. The second kappa shape index (κ2) is 11.2. The highest BCUT2D eigenvalue weighted by Gasteiger charge is 2.41. The molecule has 0 spiro atoms. The fourth-order valence-electron chi connectivity index (χ4n) is 5.28. The Labute approximate surface area is 237 Å². The van der Waals surface area contributed by atoms with Crippen LogP contribution < -0.4 is 10.6 Å². The van der Waals surface area contributed by atoms with Crippen LogP contribution in [0, 0.1) is 26.6 Å². The first-order valence-corrected chi connectivity index (χ1v) is 13.5. The number of halogens is 2. The first-order valence-electron chi connectivity index (χ1n) is 12.7. The van der Waals surface area contributed by atoms with Crippen molar-refractivity contribution in [1.82, 2.24) is 19.8 Å². The fraction of sp³-hybridized carbons (Fsp3) is 0.233. The number of nitrogens with one attached hydrogen (secondary N) is 2. The van der Waals surface area contributed by atoms with Crippen molar-refractivity contribution < 1.29 is 9.18 Å².